The number of halogens is 2. The predicted octanol–water partition coefficient (Wildman–Crippen LogP) is 4.67. The molecule has 0 unspecified atom stereocenters. The Labute approximate surface area is 143 Å². The monoisotopic (exact) mass is 430 g/mol. The third-order valence-corrected chi connectivity index (χ3v) is 7.70. The summed E-state index contributed by atoms with van der Waals surface area (Å²) in [4.78, 5) is 0.203. The molecule has 0 saturated heterocycles. The molecule has 2 aromatic carbocycles. The molecule has 1 fully saturated rings. The van der Waals surface area contributed by atoms with Crippen LogP contribution in [0.15, 0.2) is 53.4 Å². The third kappa shape index (κ3) is 2.58. The topological polar surface area (TPSA) is 34.1 Å². The molecule has 0 aromatic heterocycles. The Balaban J connectivity index is 2.14. The predicted molar refractivity (Wildman–Crippen MR) is 92.9 cm³/mol. The second kappa shape index (κ2) is 5.92. The van der Waals surface area contributed by atoms with Crippen LogP contribution in [0.3, 0.4) is 0 Å². The van der Waals surface area contributed by atoms with Crippen LogP contribution in [0.5, 0.6) is 0 Å². The lowest BCUT2D eigenvalue weighted by molar-refractivity contribution is 0.523. The number of hydrogen-bond acceptors (Lipinski definition) is 2. The fourth-order valence-corrected chi connectivity index (χ4v) is 5.83. The fourth-order valence-electron chi connectivity index (χ4n) is 3.25. The summed E-state index contributed by atoms with van der Waals surface area (Å²) in [6.07, 6.45) is 3.03. The molecular weight excluding hydrogens is 414 g/mol. The van der Waals surface area contributed by atoms with Gasteiger partial charge in [-0.1, -0.05) is 25.0 Å². The molecule has 1 aliphatic rings. The van der Waals surface area contributed by atoms with Crippen LogP contribution in [0.25, 0.3) is 0 Å². The lowest BCUT2D eigenvalue weighted by atomic mass is 9.97. The number of benzene rings is 2. The first-order valence-electron chi connectivity index (χ1n) is 7.22. The summed E-state index contributed by atoms with van der Waals surface area (Å²) in [5, 5.41) is 0. The summed E-state index contributed by atoms with van der Waals surface area (Å²) < 4.78 is 39.8. The van der Waals surface area contributed by atoms with E-state index in [1.165, 1.54) is 24.3 Å². The molecule has 1 aliphatic carbocycles. The van der Waals surface area contributed by atoms with Gasteiger partial charge in [0, 0.05) is 3.57 Å². The Bertz CT molecular complexity index is 761. The molecule has 3 rings (SSSR count). The average Bonchev–Trinajstić information content (AvgIpc) is 3.00. The standard InChI is InChI=1S/C17H16FIO2S/c18-14-5-9-16(10-6-14)22(20,21)17(11-1-2-12-17)13-3-7-15(19)8-4-13/h3-10H,1-2,11-12H2. The van der Waals surface area contributed by atoms with Gasteiger partial charge in [-0.15, -0.1) is 0 Å². The van der Waals surface area contributed by atoms with E-state index in [-0.39, 0.29) is 4.90 Å². The van der Waals surface area contributed by atoms with Gasteiger partial charge >= 0.3 is 0 Å². The quantitative estimate of drug-likeness (QED) is 0.524. The minimum atomic E-state index is -3.55. The second-order valence-corrected chi connectivity index (χ2v) is 9.17. The van der Waals surface area contributed by atoms with E-state index in [0.717, 1.165) is 22.0 Å². The van der Waals surface area contributed by atoms with Crippen molar-refractivity contribution in [2.45, 2.75) is 35.3 Å². The summed E-state index contributed by atoms with van der Waals surface area (Å²) in [6.45, 7) is 0. The Morgan fingerprint density at radius 3 is 2.00 bits per heavy atom. The normalized spacial score (nSPS) is 17.5. The van der Waals surface area contributed by atoms with Gasteiger partial charge in [0.25, 0.3) is 0 Å². The first-order chi connectivity index (χ1) is 10.5. The van der Waals surface area contributed by atoms with Crippen LogP contribution >= 0.6 is 22.6 Å². The van der Waals surface area contributed by atoms with Crippen LogP contribution in [-0.4, -0.2) is 8.42 Å². The maximum absolute atomic E-state index is 13.2. The molecule has 0 radical (unpaired) electrons. The smallest absolute Gasteiger partial charge is 0.188 e. The van der Waals surface area contributed by atoms with Gasteiger partial charge in [-0.2, -0.15) is 0 Å². The first kappa shape index (κ1) is 15.9. The van der Waals surface area contributed by atoms with E-state index in [1.807, 2.05) is 24.3 Å². The van der Waals surface area contributed by atoms with Gasteiger partial charge < -0.3 is 0 Å². The zero-order valence-electron chi connectivity index (χ0n) is 11.9. The van der Waals surface area contributed by atoms with E-state index in [1.54, 1.807) is 0 Å². The summed E-state index contributed by atoms with van der Waals surface area (Å²) in [7, 11) is -3.55. The minimum Gasteiger partial charge on any atom is -0.223 e. The van der Waals surface area contributed by atoms with Crippen molar-refractivity contribution < 1.29 is 12.8 Å². The summed E-state index contributed by atoms with van der Waals surface area (Å²) >= 11 is 2.21. The van der Waals surface area contributed by atoms with Crippen molar-refractivity contribution >= 4 is 32.4 Å². The van der Waals surface area contributed by atoms with Gasteiger partial charge in [0.1, 0.15) is 10.6 Å². The highest BCUT2D eigenvalue weighted by Gasteiger charge is 2.48. The lowest BCUT2D eigenvalue weighted by Crippen LogP contribution is -2.33. The van der Waals surface area contributed by atoms with Crippen molar-refractivity contribution in [3.8, 4) is 0 Å². The zero-order chi connectivity index (χ0) is 15.8. The zero-order valence-corrected chi connectivity index (χ0v) is 14.9. The summed E-state index contributed by atoms with van der Waals surface area (Å²) in [6, 6.07) is 12.9. The molecule has 1 saturated carbocycles. The largest absolute Gasteiger partial charge is 0.223 e. The highest BCUT2D eigenvalue weighted by Crippen LogP contribution is 2.48. The van der Waals surface area contributed by atoms with Gasteiger partial charge in [-0.3, -0.25) is 0 Å². The SMILES string of the molecule is O=S(=O)(c1ccc(F)cc1)C1(c2ccc(I)cc2)CCCC1. The van der Waals surface area contributed by atoms with E-state index >= 15 is 0 Å². The lowest BCUT2D eigenvalue weighted by Gasteiger charge is -2.29. The van der Waals surface area contributed by atoms with Gasteiger partial charge in [-0.05, 0) is 77.4 Å². The molecule has 0 aliphatic heterocycles. The van der Waals surface area contributed by atoms with Gasteiger partial charge in [0.2, 0.25) is 0 Å². The fraction of sp³-hybridized carbons (Fsp3) is 0.294. The van der Waals surface area contributed by atoms with E-state index in [0.29, 0.717) is 12.8 Å². The van der Waals surface area contributed by atoms with Crippen molar-refractivity contribution in [3.05, 3.63) is 63.5 Å². The summed E-state index contributed by atoms with van der Waals surface area (Å²) in [5.41, 5.74) is 0.842. The molecule has 0 heterocycles. The molecule has 0 atom stereocenters. The van der Waals surface area contributed by atoms with Gasteiger partial charge in [-0.25, -0.2) is 12.8 Å². The number of sulfone groups is 1. The Morgan fingerprint density at radius 2 is 1.45 bits per heavy atom. The van der Waals surface area contributed by atoms with Crippen molar-refractivity contribution in [2.24, 2.45) is 0 Å². The highest BCUT2D eigenvalue weighted by atomic mass is 127. The number of rotatable bonds is 3. The van der Waals surface area contributed by atoms with Gasteiger partial charge in [0.05, 0.1) is 4.90 Å². The van der Waals surface area contributed by atoms with E-state index < -0.39 is 20.4 Å². The molecular formula is C17H16FIO2S. The van der Waals surface area contributed by atoms with Crippen molar-refractivity contribution in [2.75, 3.05) is 0 Å². The molecule has 0 amide bonds. The van der Waals surface area contributed by atoms with Crippen LogP contribution in [0.4, 0.5) is 4.39 Å². The van der Waals surface area contributed by atoms with Crippen LogP contribution in [0.1, 0.15) is 31.2 Å². The maximum Gasteiger partial charge on any atom is 0.188 e. The molecule has 0 bridgehead atoms. The number of hydrogen-bond donors (Lipinski definition) is 0. The molecule has 2 nitrogen and oxygen atoms in total. The molecule has 116 valence electrons. The van der Waals surface area contributed by atoms with E-state index in [4.69, 9.17) is 0 Å². The van der Waals surface area contributed by atoms with Crippen LogP contribution < -0.4 is 0 Å². The molecule has 2 aromatic rings. The first-order valence-corrected chi connectivity index (χ1v) is 9.78. The molecule has 0 N–H and O–H groups in total. The average molecular weight is 430 g/mol. The highest BCUT2D eigenvalue weighted by molar-refractivity contribution is 14.1. The molecule has 22 heavy (non-hydrogen) atoms. The van der Waals surface area contributed by atoms with Crippen LogP contribution in [0.2, 0.25) is 0 Å². The van der Waals surface area contributed by atoms with Gasteiger partial charge in [0.15, 0.2) is 9.84 Å². The van der Waals surface area contributed by atoms with E-state index in [9.17, 15) is 12.8 Å². The third-order valence-electron chi connectivity index (χ3n) is 4.42. The van der Waals surface area contributed by atoms with E-state index in [2.05, 4.69) is 22.6 Å². The van der Waals surface area contributed by atoms with Crippen molar-refractivity contribution in [3.63, 3.8) is 0 Å². The minimum absolute atomic E-state index is 0.203. The Kier molecular flexibility index (Phi) is 4.29. The molecule has 5 heteroatoms. The Morgan fingerprint density at radius 1 is 0.909 bits per heavy atom. The van der Waals surface area contributed by atoms with Crippen LogP contribution in [-0.2, 0) is 14.6 Å². The molecule has 0 spiro atoms. The summed E-state index contributed by atoms with van der Waals surface area (Å²) in [5.74, 6) is -0.423. The second-order valence-electron chi connectivity index (χ2n) is 5.67. The van der Waals surface area contributed by atoms with Crippen molar-refractivity contribution in [1.82, 2.24) is 0 Å². The van der Waals surface area contributed by atoms with Crippen molar-refractivity contribution in [1.29, 1.82) is 0 Å². The van der Waals surface area contributed by atoms with Crippen LogP contribution in [0, 0.1) is 9.39 Å². The Hall–Kier alpha value is -0.950. The maximum atomic E-state index is 13.2.